The Kier molecular flexibility index (Phi) is 6.34. The van der Waals surface area contributed by atoms with Crippen molar-refractivity contribution in [3.63, 3.8) is 0 Å². The maximum absolute atomic E-state index is 9.63. The molecule has 0 spiro atoms. The van der Waals surface area contributed by atoms with Crippen LogP contribution in [0.1, 0.15) is 23.5 Å². The number of rotatable bonds is 8. The van der Waals surface area contributed by atoms with Gasteiger partial charge in [-0.1, -0.05) is 30.3 Å². The molecule has 5 nitrogen and oxygen atoms in total. The lowest BCUT2D eigenvalue weighted by atomic mass is 10.1. The molecule has 3 rings (SSSR count). The van der Waals surface area contributed by atoms with Gasteiger partial charge in [0.1, 0.15) is 11.9 Å². The summed E-state index contributed by atoms with van der Waals surface area (Å²) in [5, 5.41) is 16.1. The van der Waals surface area contributed by atoms with Gasteiger partial charge in [-0.25, -0.2) is 0 Å². The molecule has 3 aromatic rings. The van der Waals surface area contributed by atoms with E-state index in [-0.39, 0.29) is 11.9 Å². The molecule has 0 amide bonds. The summed E-state index contributed by atoms with van der Waals surface area (Å²) in [7, 11) is 1.89. The molecule has 142 valence electrons. The largest absolute Gasteiger partial charge is 0.508 e. The number of nitrogens with two attached hydrogens (primary N) is 1. The first kappa shape index (κ1) is 19.2. The molecular weight excluding hydrogens is 358 g/mol. The molecule has 0 radical (unpaired) electrons. The van der Waals surface area contributed by atoms with Crippen molar-refractivity contribution < 1.29 is 9.84 Å². The number of anilines is 2. The third-order valence-corrected chi connectivity index (χ3v) is 5.46. The Morgan fingerprint density at radius 3 is 2.59 bits per heavy atom. The van der Waals surface area contributed by atoms with Gasteiger partial charge in [0.05, 0.1) is 17.2 Å². The molecule has 0 aliphatic heterocycles. The zero-order valence-electron chi connectivity index (χ0n) is 15.5. The SMILES string of the molecule is CCOCc1ccc(-c2cc(NC)c(C(N)Nc3cccc(O)c3)s2)cc1. The van der Waals surface area contributed by atoms with Crippen molar-refractivity contribution >= 4 is 22.7 Å². The predicted octanol–water partition coefficient (Wildman–Crippen LogP) is 4.77. The number of thiophene rings is 1. The standard InChI is InChI=1S/C21H25N3O2S/c1-3-26-13-14-7-9-15(10-8-14)19-12-18(23-2)20(27-19)21(22)24-16-5-4-6-17(25)11-16/h4-12,21,23-25H,3,13,22H2,1-2H3. The molecule has 1 atom stereocenters. The number of nitrogens with one attached hydrogen (secondary N) is 2. The minimum absolute atomic E-state index is 0.208. The highest BCUT2D eigenvalue weighted by molar-refractivity contribution is 7.16. The van der Waals surface area contributed by atoms with E-state index in [2.05, 4.69) is 41.0 Å². The van der Waals surface area contributed by atoms with E-state index >= 15 is 0 Å². The van der Waals surface area contributed by atoms with Crippen molar-refractivity contribution in [2.24, 2.45) is 5.73 Å². The summed E-state index contributed by atoms with van der Waals surface area (Å²) in [6.45, 7) is 3.34. The molecule has 1 unspecified atom stereocenters. The highest BCUT2D eigenvalue weighted by Gasteiger charge is 2.16. The van der Waals surface area contributed by atoms with Crippen LogP contribution in [0.3, 0.4) is 0 Å². The number of phenols is 1. The number of hydrogen-bond acceptors (Lipinski definition) is 6. The minimum atomic E-state index is -0.384. The van der Waals surface area contributed by atoms with Crippen LogP contribution >= 0.6 is 11.3 Å². The lowest BCUT2D eigenvalue weighted by molar-refractivity contribution is 0.134. The van der Waals surface area contributed by atoms with E-state index in [1.165, 1.54) is 0 Å². The Hall–Kier alpha value is -2.54. The average Bonchev–Trinajstić information content (AvgIpc) is 3.11. The van der Waals surface area contributed by atoms with Crippen LogP contribution in [0, 0.1) is 0 Å². The summed E-state index contributed by atoms with van der Waals surface area (Å²) < 4.78 is 5.45. The van der Waals surface area contributed by atoms with E-state index in [0.29, 0.717) is 13.2 Å². The number of phenolic OH excluding ortho intramolecular Hbond substituents is 1. The lowest BCUT2D eigenvalue weighted by Gasteiger charge is -2.15. The summed E-state index contributed by atoms with van der Waals surface area (Å²) in [5.74, 6) is 0.208. The van der Waals surface area contributed by atoms with Crippen LogP contribution in [0.15, 0.2) is 54.6 Å². The van der Waals surface area contributed by atoms with Gasteiger partial charge in [-0.2, -0.15) is 0 Å². The van der Waals surface area contributed by atoms with E-state index in [1.54, 1.807) is 29.5 Å². The van der Waals surface area contributed by atoms with Crippen molar-refractivity contribution in [1.29, 1.82) is 0 Å². The van der Waals surface area contributed by atoms with Gasteiger partial charge in [-0.15, -0.1) is 11.3 Å². The Labute approximate surface area is 163 Å². The summed E-state index contributed by atoms with van der Waals surface area (Å²) in [5.41, 5.74) is 10.5. The zero-order valence-corrected chi connectivity index (χ0v) is 16.3. The van der Waals surface area contributed by atoms with Crippen LogP contribution in [-0.2, 0) is 11.3 Å². The molecule has 0 aliphatic carbocycles. The van der Waals surface area contributed by atoms with E-state index in [9.17, 15) is 5.11 Å². The van der Waals surface area contributed by atoms with Gasteiger partial charge in [-0.3, -0.25) is 0 Å². The third kappa shape index (κ3) is 4.80. The first-order valence-electron chi connectivity index (χ1n) is 8.90. The second kappa shape index (κ2) is 8.90. The van der Waals surface area contributed by atoms with Gasteiger partial charge in [0, 0.05) is 30.3 Å². The fourth-order valence-electron chi connectivity index (χ4n) is 2.80. The molecular formula is C21H25N3O2S. The van der Waals surface area contributed by atoms with Crippen molar-refractivity contribution in [3.8, 4) is 16.2 Å². The van der Waals surface area contributed by atoms with Gasteiger partial charge >= 0.3 is 0 Å². The third-order valence-electron chi connectivity index (χ3n) is 4.19. The van der Waals surface area contributed by atoms with Gasteiger partial charge in [0.25, 0.3) is 0 Å². The quantitative estimate of drug-likeness (QED) is 0.422. The van der Waals surface area contributed by atoms with Crippen molar-refractivity contribution in [1.82, 2.24) is 0 Å². The van der Waals surface area contributed by atoms with Crippen molar-refractivity contribution in [2.75, 3.05) is 24.3 Å². The fourth-order valence-corrected chi connectivity index (χ4v) is 3.92. The van der Waals surface area contributed by atoms with Crippen LogP contribution in [-0.4, -0.2) is 18.8 Å². The van der Waals surface area contributed by atoms with Crippen LogP contribution in [0.4, 0.5) is 11.4 Å². The molecule has 2 aromatic carbocycles. The summed E-state index contributed by atoms with van der Waals surface area (Å²) in [6.07, 6.45) is -0.384. The molecule has 0 aliphatic rings. The Morgan fingerprint density at radius 1 is 1.15 bits per heavy atom. The number of hydrogen-bond donors (Lipinski definition) is 4. The second-order valence-electron chi connectivity index (χ2n) is 6.14. The monoisotopic (exact) mass is 383 g/mol. The van der Waals surface area contributed by atoms with Gasteiger partial charge in [0.2, 0.25) is 0 Å². The van der Waals surface area contributed by atoms with Gasteiger partial charge in [0.15, 0.2) is 0 Å². The molecule has 6 heteroatoms. The van der Waals surface area contributed by atoms with Crippen molar-refractivity contribution in [2.45, 2.75) is 19.7 Å². The normalized spacial score (nSPS) is 12.0. The number of benzene rings is 2. The lowest BCUT2D eigenvalue weighted by Crippen LogP contribution is -2.19. The summed E-state index contributed by atoms with van der Waals surface area (Å²) in [6, 6.07) is 17.5. The van der Waals surface area contributed by atoms with Crippen LogP contribution in [0.25, 0.3) is 10.4 Å². The molecule has 5 N–H and O–H groups in total. The topological polar surface area (TPSA) is 79.5 Å². The minimum Gasteiger partial charge on any atom is -0.508 e. The highest BCUT2D eigenvalue weighted by atomic mass is 32.1. The van der Waals surface area contributed by atoms with E-state index < -0.39 is 0 Å². The molecule has 27 heavy (non-hydrogen) atoms. The van der Waals surface area contributed by atoms with Gasteiger partial charge in [-0.05, 0) is 36.2 Å². The Bertz CT molecular complexity index is 877. The average molecular weight is 384 g/mol. The fraction of sp³-hybridized carbons (Fsp3) is 0.238. The van der Waals surface area contributed by atoms with Crippen LogP contribution in [0.2, 0.25) is 0 Å². The highest BCUT2D eigenvalue weighted by Crippen LogP contribution is 2.38. The molecule has 0 saturated carbocycles. The van der Waals surface area contributed by atoms with Crippen LogP contribution in [0.5, 0.6) is 5.75 Å². The summed E-state index contributed by atoms with van der Waals surface area (Å²) in [4.78, 5) is 2.15. The number of ether oxygens (including phenoxy) is 1. The van der Waals surface area contributed by atoms with E-state index in [1.807, 2.05) is 20.0 Å². The Morgan fingerprint density at radius 2 is 1.93 bits per heavy atom. The number of aromatic hydroxyl groups is 1. The first-order chi connectivity index (χ1) is 13.1. The Balaban J connectivity index is 1.80. The first-order valence-corrected chi connectivity index (χ1v) is 9.72. The molecule has 1 heterocycles. The predicted molar refractivity (Wildman–Crippen MR) is 113 cm³/mol. The molecule has 0 bridgehead atoms. The molecule has 0 fully saturated rings. The summed E-state index contributed by atoms with van der Waals surface area (Å²) >= 11 is 1.65. The molecule has 0 saturated heterocycles. The van der Waals surface area contributed by atoms with Crippen molar-refractivity contribution in [3.05, 3.63) is 65.0 Å². The smallest absolute Gasteiger partial charge is 0.117 e. The van der Waals surface area contributed by atoms with Crippen LogP contribution < -0.4 is 16.4 Å². The second-order valence-corrected chi connectivity index (χ2v) is 7.23. The zero-order chi connectivity index (χ0) is 19.2. The molecule has 1 aromatic heterocycles. The van der Waals surface area contributed by atoms with E-state index in [4.69, 9.17) is 10.5 Å². The maximum atomic E-state index is 9.63. The maximum Gasteiger partial charge on any atom is 0.117 e. The van der Waals surface area contributed by atoms with E-state index in [0.717, 1.165) is 32.3 Å². The van der Waals surface area contributed by atoms with Gasteiger partial charge < -0.3 is 26.2 Å².